The fourth-order valence-electron chi connectivity index (χ4n) is 4.02. The maximum absolute atomic E-state index is 12.2. The molecule has 0 bridgehead atoms. The number of benzene rings is 1. The lowest BCUT2D eigenvalue weighted by atomic mass is 10.0. The minimum absolute atomic E-state index is 0.0725. The second-order valence-electron chi connectivity index (χ2n) is 8.81. The molecule has 0 atom stereocenters. The standard InChI is InChI=1S/C28H41NO3/c1-2-3-4-5-6-7-8-9-10-11-12-13-14-15-19-25-20-18-23-29(24-25)32-28(31)26-21-16-17-22-27(26)30/h16-18,20-24H,2-15,19H2,1H3/p+1. The molecule has 0 aliphatic carbocycles. The molecule has 0 aliphatic heterocycles. The van der Waals surface area contributed by atoms with Crippen molar-refractivity contribution in [3.63, 3.8) is 0 Å². The lowest BCUT2D eigenvalue weighted by molar-refractivity contribution is -0.868. The molecule has 1 heterocycles. The number of aromatic hydroxyl groups is 1. The number of unbranched alkanes of at least 4 members (excludes halogenated alkanes) is 13. The van der Waals surface area contributed by atoms with E-state index in [2.05, 4.69) is 13.0 Å². The van der Waals surface area contributed by atoms with Gasteiger partial charge >= 0.3 is 5.97 Å². The molecule has 176 valence electrons. The van der Waals surface area contributed by atoms with Crippen LogP contribution in [0.3, 0.4) is 0 Å². The monoisotopic (exact) mass is 440 g/mol. The minimum atomic E-state index is -0.568. The number of rotatable bonds is 17. The molecule has 1 aromatic heterocycles. The molecule has 32 heavy (non-hydrogen) atoms. The zero-order valence-corrected chi connectivity index (χ0v) is 19.9. The fraction of sp³-hybridized carbons (Fsp3) is 0.571. The minimum Gasteiger partial charge on any atom is -0.507 e. The number of phenolic OH excluding ortho intramolecular Hbond substituents is 1. The Balaban J connectivity index is 1.52. The average molecular weight is 441 g/mol. The summed E-state index contributed by atoms with van der Waals surface area (Å²) in [5.74, 6) is -0.640. The maximum atomic E-state index is 12.2. The van der Waals surface area contributed by atoms with Crippen molar-refractivity contribution in [1.29, 1.82) is 0 Å². The van der Waals surface area contributed by atoms with Crippen molar-refractivity contribution < 1.29 is 19.5 Å². The zero-order valence-electron chi connectivity index (χ0n) is 19.9. The Bertz CT molecular complexity index is 775. The molecule has 0 fully saturated rings. The van der Waals surface area contributed by atoms with E-state index >= 15 is 0 Å². The van der Waals surface area contributed by atoms with Crippen LogP contribution in [0.15, 0.2) is 48.8 Å². The molecule has 0 radical (unpaired) electrons. The van der Waals surface area contributed by atoms with Gasteiger partial charge in [-0.2, -0.15) is 4.84 Å². The highest BCUT2D eigenvalue weighted by Crippen LogP contribution is 2.16. The summed E-state index contributed by atoms with van der Waals surface area (Å²) < 4.78 is 1.42. The highest BCUT2D eigenvalue weighted by molar-refractivity contribution is 5.92. The van der Waals surface area contributed by atoms with Crippen molar-refractivity contribution in [2.24, 2.45) is 0 Å². The van der Waals surface area contributed by atoms with Gasteiger partial charge < -0.3 is 5.11 Å². The van der Waals surface area contributed by atoms with Crippen molar-refractivity contribution >= 4 is 5.97 Å². The SMILES string of the molecule is CCCCCCCCCCCCCCCCc1ccc[n+](OC(=O)c2ccccc2O)c1. The van der Waals surface area contributed by atoms with Gasteiger partial charge in [-0.05, 0) is 31.0 Å². The molecule has 4 heteroatoms. The van der Waals surface area contributed by atoms with E-state index in [0.29, 0.717) is 0 Å². The molecule has 0 saturated heterocycles. The van der Waals surface area contributed by atoms with Crippen molar-refractivity contribution in [3.8, 4) is 5.75 Å². The van der Waals surface area contributed by atoms with Gasteiger partial charge in [0.1, 0.15) is 11.3 Å². The number of pyridine rings is 1. The Kier molecular flexibility index (Phi) is 13.2. The van der Waals surface area contributed by atoms with Gasteiger partial charge in [0.05, 0.1) is 0 Å². The van der Waals surface area contributed by atoms with E-state index in [-0.39, 0.29) is 11.3 Å². The molecule has 0 unspecified atom stereocenters. The van der Waals surface area contributed by atoms with Crippen LogP contribution in [0.5, 0.6) is 5.75 Å². The predicted molar refractivity (Wildman–Crippen MR) is 130 cm³/mol. The largest absolute Gasteiger partial charge is 0.507 e. The lowest BCUT2D eigenvalue weighted by Gasteiger charge is -2.04. The summed E-state index contributed by atoms with van der Waals surface area (Å²) in [6, 6.07) is 10.4. The summed E-state index contributed by atoms with van der Waals surface area (Å²) in [4.78, 5) is 17.6. The maximum Gasteiger partial charge on any atom is 0.414 e. The van der Waals surface area contributed by atoms with E-state index in [4.69, 9.17) is 4.84 Å². The average Bonchev–Trinajstić information content (AvgIpc) is 2.80. The molecule has 0 amide bonds. The van der Waals surface area contributed by atoms with Crippen LogP contribution in [0.1, 0.15) is 113 Å². The van der Waals surface area contributed by atoms with Crippen LogP contribution >= 0.6 is 0 Å². The van der Waals surface area contributed by atoms with E-state index in [0.717, 1.165) is 18.4 Å². The fourth-order valence-corrected chi connectivity index (χ4v) is 4.02. The van der Waals surface area contributed by atoms with Crippen LogP contribution < -0.4 is 9.57 Å². The topological polar surface area (TPSA) is 50.4 Å². The Morgan fingerprint density at radius 3 is 1.94 bits per heavy atom. The smallest absolute Gasteiger partial charge is 0.414 e. The van der Waals surface area contributed by atoms with Gasteiger partial charge in [0.15, 0.2) is 0 Å². The summed E-state index contributed by atoms with van der Waals surface area (Å²) in [6.07, 6.45) is 23.5. The molecule has 2 rings (SSSR count). The quantitative estimate of drug-likeness (QED) is 0.213. The van der Waals surface area contributed by atoms with Gasteiger partial charge in [-0.3, -0.25) is 0 Å². The molecule has 0 saturated carbocycles. The Hall–Kier alpha value is -2.36. The first kappa shape index (κ1) is 25.9. The van der Waals surface area contributed by atoms with Crippen LogP contribution in [0.25, 0.3) is 0 Å². The number of carbonyl (C=O) groups is 1. The molecule has 2 aromatic rings. The number of para-hydroxylation sites is 1. The molecule has 4 nitrogen and oxygen atoms in total. The van der Waals surface area contributed by atoms with Crippen molar-refractivity contribution in [2.45, 2.75) is 103 Å². The zero-order chi connectivity index (χ0) is 22.9. The molecular weight excluding hydrogens is 398 g/mol. The second-order valence-corrected chi connectivity index (χ2v) is 8.81. The third kappa shape index (κ3) is 10.8. The normalized spacial score (nSPS) is 10.9. The third-order valence-corrected chi connectivity index (χ3v) is 5.97. The number of phenols is 1. The van der Waals surface area contributed by atoms with Gasteiger partial charge in [0.25, 0.3) is 0 Å². The molecule has 1 N–H and O–H groups in total. The van der Waals surface area contributed by atoms with E-state index < -0.39 is 5.97 Å². The highest BCUT2D eigenvalue weighted by atomic mass is 16.7. The van der Waals surface area contributed by atoms with Crippen molar-refractivity contribution in [3.05, 3.63) is 59.9 Å². The lowest BCUT2D eigenvalue weighted by Crippen LogP contribution is -2.45. The summed E-state index contributed by atoms with van der Waals surface area (Å²) in [6.45, 7) is 2.27. The summed E-state index contributed by atoms with van der Waals surface area (Å²) >= 11 is 0. The first-order chi connectivity index (χ1) is 15.7. The predicted octanol–water partition coefficient (Wildman–Crippen LogP) is 6.97. The number of aromatic nitrogens is 1. The molecule has 0 spiro atoms. The second kappa shape index (κ2) is 16.3. The first-order valence-corrected chi connectivity index (χ1v) is 12.7. The molecular formula is C28H42NO3+. The highest BCUT2D eigenvalue weighted by Gasteiger charge is 2.17. The number of nitrogens with zero attached hydrogens (tertiary/aromatic N) is 1. The Labute approximate surface area is 194 Å². The Morgan fingerprint density at radius 2 is 1.34 bits per heavy atom. The van der Waals surface area contributed by atoms with Gasteiger partial charge in [0, 0.05) is 16.4 Å². The van der Waals surface area contributed by atoms with Crippen molar-refractivity contribution in [1.82, 2.24) is 0 Å². The van der Waals surface area contributed by atoms with Gasteiger partial charge in [-0.25, -0.2) is 4.79 Å². The van der Waals surface area contributed by atoms with E-state index in [9.17, 15) is 9.90 Å². The number of carbonyl (C=O) groups excluding carboxylic acids is 1. The van der Waals surface area contributed by atoms with Crippen LogP contribution in [0.2, 0.25) is 0 Å². The van der Waals surface area contributed by atoms with E-state index in [1.807, 2.05) is 12.3 Å². The van der Waals surface area contributed by atoms with Gasteiger partial charge in [0.2, 0.25) is 12.4 Å². The van der Waals surface area contributed by atoms with Crippen LogP contribution in [0, 0.1) is 0 Å². The number of hydrogen-bond acceptors (Lipinski definition) is 3. The van der Waals surface area contributed by atoms with Crippen LogP contribution in [0.4, 0.5) is 0 Å². The summed E-state index contributed by atoms with van der Waals surface area (Å²) in [5.41, 5.74) is 1.31. The van der Waals surface area contributed by atoms with Gasteiger partial charge in [-0.1, -0.05) is 103 Å². The van der Waals surface area contributed by atoms with E-state index in [1.54, 1.807) is 24.4 Å². The Morgan fingerprint density at radius 1 is 0.781 bits per heavy atom. The van der Waals surface area contributed by atoms with Crippen molar-refractivity contribution in [2.75, 3.05) is 0 Å². The molecule has 0 aliphatic rings. The van der Waals surface area contributed by atoms with Crippen LogP contribution in [-0.2, 0) is 6.42 Å². The van der Waals surface area contributed by atoms with Gasteiger partial charge in [-0.15, -0.1) is 0 Å². The van der Waals surface area contributed by atoms with Crippen LogP contribution in [-0.4, -0.2) is 11.1 Å². The number of hydrogen-bond donors (Lipinski definition) is 1. The summed E-state index contributed by atoms with van der Waals surface area (Å²) in [5, 5.41) is 9.80. The first-order valence-electron chi connectivity index (χ1n) is 12.7. The summed E-state index contributed by atoms with van der Waals surface area (Å²) in [7, 11) is 0. The van der Waals surface area contributed by atoms with E-state index in [1.165, 1.54) is 94.3 Å². The third-order valence-electron chi connectivity index (χ3n) is 5.97. The number of aryl methyl sites for hydroxylation is 1. The molecule has 1 aromatic carbocycles.